The smallest absolute Gasteiger partial charge is 0.264 e. The number of hydrogen-bond donors (Lipinski definition) is 1. The Kier molecular flexibility index (Phi) is 6.05. The van der Waals surface area contributed by atoms with Crippen molar-refractivity contribution < 1.29 is 18.0 Å². The van der Waals surface area contributed by atoms with Crippen molar-refractivity contribution in [2.75, 3.05) is 16.2 Å². The molecule has 0 heterocycles. The first kappa shape index (κ1) is 19.2. The third-order valence-corrected chi connectivity index (χ3v) is 5.30. The molecule has 132 valence electrons. The van der Waals surface area contributed by atoms with E-state index in [1.165, 1.54) is 55.5 Å². The van der Waals surface area contributed by atoms with Gasteiger partial charge in [-0.05, 0) is 60.1 Å². The zero-order valence-electron chi connectivity index (χ0n) is 13.1. The van der Waals surface area contributed by atoms with Crippen LogP contribution in [0.2, 0.25) is 5.02 Å². The standard InChI is InChI=1S/C16H14Cl2N2O4S/c1-11(21)19-13-4-8-15(9-5-13)25(23,24)20(10-16(18)22)14-6-2-12(17)3-7-14/h2-9H,10H2,1H3,(H,19,21). The van der Waals surface area contributed by atoms with Crippen LogP contribution in [0.3, 0.4) is 0 Å². The minimum atomic E-state index is -4.04. The van der Waals surface area contributed by atoms with Crippen molar-refractivity contribution >= 4 is 55.7 Å². The largest absolute Gasteiger partial charge is 0.326 e. The number of carbonyl (C=O) groups is 2. The van der Waals surface area contributed by atoms with Gasteiger partial charge in [0.05, 0.1) is 10.6 Å². The minimum absolute atomic E-state index is 0.0468. The van der Waals surface area contributed by atoms with Gasteiger partial charge in [0.25, 0.3) is 10.0 Å². The monoisotopic (exact) mass is 400 g/mol. The fourth-order valence-electron chi connectivity index (χ4n) is 2.08. The molecule has 0 bridgehead atoms. The third kappa shape index (κ3) is 4.94. The van der Waals surface area contributed by atoms with Gasteiger partial charge in [-0.2, -0.15) is 0 Å². The normalized spacial score (nSPS) is 11.0. The van der Waals surface area contributed by atoms with Crippen molar-refractivity contribution in [3.8, 4) is 0 Å². The lowest BCUT2D eigenvalue weighted by molar-refractivity contribution is -0.114. The van der Waals surface area contributed by atoms with Gasteiger partial charge in [-0.3, -0.25) is 13.9 Å². The number of halogens is 2. The van der Waals surface area contributed by atoms with Crippen LogP contribution in [0.1, 0.15) is 6.92 Å². The molecule has 0 aromatic heterocycles. The predicted octanol–water partition coefficient (Wildman–Crippen LogP) is 3.26. The molecule has 0 aliphatic rings. The summed E-state index contributed by atoms with van der Waals surface area (Å²) < 4.78 is 26.7. The number of amides is 1. The van der Waals surface area contributed by atoms with E-state index >= 15 is 0 Å². The van der Waals surface area contributed by atoms with Crippen molar-refractivity contribution in [2.24, 2.45) is 0 Å². The molecule has 0 saturated carbocycles. The van der Waals surface area contributed by atoms with Crippen molar-refractivity contribution in [3.63, 3.8) is 0 Å². The number of nitrogens with one attached hydrogen (secondary N) is 1. The molecule has 9 heteroatoms. The second-order valence-electron chi connectivity index (χ2n) is 5.05. The lowest BCUT2D eigenvalue weighted by Gasteiger charge is -2.23. The molecule has 2 aromatic rings. The Morgan fingerprint density at radius 3 is 2.08 bits per heavy atom. The number of benzene rings is 2. The summed E-state index contributed by atoms with van der Waals surface area (Å²) in [5, 5.41) is 2.15. The van der Waals surface area contributed by atoms with E-state index in [2.05, 4.69) is 5.32 Å². The Labute approximate surface area is 155 Å². The molecule has 1 amide bonds. The van der Waals surface area contributed by atoms with E-state index in [0.29, 0.717) is 10.7 Å². The minimum Gasteiger partial charge on any atom is -0.326 e. The molecule has 0 aliphatic heterocycles. The highest BCUT2D eigenvalue weighted by Gasteiger charge is 2.26. The van der Waals surface area contributed by atoms with Crippen LogP contribution in [0.15, 0.2) is 53.4 Å². The van der Waals surface area contributed by atoms with E-state index in [1.54, 1.807) is 0 Å². The fourth-order valence-corrected chi connectivity index (χ4v) is 3.81. The van der Waals surface area contributed by atoms with Gasteiger partial charge >= 0.3 is 0 Å². The molecular formula is C16H14Cl2N2O4S. The van der Waals surface area contributed by atoms with E-state index in [-0.39, 0.29) is 16.5 Å². The Hall–Kier alpha value is -2.09. The van der Waals surface area contributed by atoms with Crippen LogP contribution in [0.25, 0.3) is 0 Å². The van der Waals surface area contributed by atoms with Gasteiger partial charge in [-0.15, -0.1) is 0 Å². The topological polar surface area (TPSA) is 83.6 Å². The Balaban J connectivity index is 2.42. The summed E-state index contributed by atoms with van der Waals surface area (Å²) >= 11 is 11.2. The van der Waals surface area contributed by atoms with Crippen molar-refractivity contribution in [3.05, 3.63) is 53.6 Å². The molecule has 0 fully saturated rings. The number of anilines is 2. The van der Waals surface area contributed by atoms with Crippen LogP contribution < -0.4 is 9.62 Å². The second-order valence-corrected chi connectivity index (χ2v) is 7.77. The van der Waals surface area contributed by atoms with E-state index < -0.39 is 21.8 Å². The van der Waals surface area contributed by atoms with Crippen molar-refractivity contribution in [1.29, 1.82) is 0 Å². The molecule has 0 spiro atoms. The maximum atomic E-state index is 12.9. The van der Waals surface area contributed by atoms with Crippen LogP contribution in [-0.2, 0) is 19.6 Å². The molecule has 1 N–H and O–H groups in total. The first-order valence-electron chi connectivity index (χ1n) is 7.04. The fraction of sp³-hybridized carbons (Fsp3) is 0.125. The van der Waals surface area contributed by atoms with Gasteiger partial charge in [0.2, 0.25) is 11.1 Å². The van der Waals surface area contributed by atoms with Gasteiger partial charge in [-0.25, -0.2) is 8.42 Å². The van der Waals surface area contributed by atoms with Crippen molar-refractivity contribution in [1.82, 2.24) is 0 Å². The van der Waals surface area contributed by atoms with Gasteiger partial charge in [0.1, 0.15) is 6.54 Å². The van der Waals surface area contributed by atoms with Crippen LogP contribution in [0.4, 0.5) is 11.4 Å². The van der Waals surface area contributed by atoms with Gasteiger partial charge in [-0.1, -0.05) is 11.6 Å². The number of hydrogen-bond acceptors (Lipinski definition) is 4. The van der Waals surface area contributed by atoms with E-state index in [9.17, 15) is 18.0 Å². The predicted molar refractivity (Wildman–Crippen MR) is 97.6 cm³/mol. The highest BCUT2D eigenvalue weighted by molar-refractivity contribution is 7.92. The molecule has 0 atom stereocenters. The molecule has 0 saturated heterocycles. The van der Waals surface area contributed by atoms with E-state index in [4.69, 9.17) is 23.2 Å². The number of nitrogens with zero attached hydrogens (tertiary/aromatic N) is 1. The molecular weight excluding hydrogens is 387 g/mol. The number of carbonyl (C=O) groups excluding carboxylic acids is 2. The maximum Gasteiger partial charge on any atom is 0.264 e. The van der Waals surface area contributed by atoms with Gasteiger partial charge < -0.3 is 5.32 Å². The SMILES string of the molecule is CC(=O)Nc1ccc(S(=O)(=O)N(CC(=O)Cl)c2ccc(Cl)cc2)cc1. The Morgan fingerprint density at radius 1 is 1.04 bits per heavy atom. The van der Waals surface area contributed by atoms with Gasteiger partial charge in [0.15, 0.2) is 0 Å². The Bertz CT molecular complexity index is 881. The Morgan fingerprint density at radius 2 is 1.60 bits per heavy atom. The number of sulfonamides is 1. The second kappa shape index (κ2) is 7.86. The molecule has 2 rings (SSSR count). The van der Waals surface area contributed by atoms with Crippen molar-refractivity contribution in [2.45, 2.75) is 11.8 Å². The molecule has 2 aromatic carbocycles. The third-order valence-electron chi connectivity index (χ3n) is 3.15. The van der Waals surface area contributed by atoms with E-state index in [1.807, 2.05) is 0 Å². The summed E-state index contributed by atoms with van der Waals surface area (Å²) in [6.45, 7) is 0.817. The first-order chi connectivity index (χ1) is 11.7. The molecule has 6 nitrogen and oxygen atoms in total. The summed E-state index contributed by atoms with van der Waals surface area (Å²) in [6, 6.07) is 11.6. The summed E-state index contributed by atoms with van der Waals surface area (Å²) in [7, 11) is -4.04. The van der Waals surface area contributed by atoms with Crippen LogP contribution in [0.5, 0.6) is 0 Å². The summed E-state index contributed by atoms with van der Waals surface area (Å²) in [4.78, 5) is 22.3. The highest BCUT2D eigenvalue weighted by atomic mass is 35.5. The summed E-state index contributed by atoms with van der Waals surface area (Å²) in [5.41, 5.74) is 0.710. The number of rotatable bonds is 6. The van der Waals surface area contributed by atoms with Gasteiger partial charge in [0, 0.05) is 17.6 Å². The lowest BCUT2D eigenvalue weighted by atomic mass is 10.3. The van der Waals surface area contributed by atoms with Crippen LogP contribution in [-0.4, -0.2) is 26.1 Å². The quantitative estimate of drug-likeness (QED) is 0.754. The van der Waals surface area contributed by atoms with Crippen LogP contribution in [0, 0.1) is 0 Å². The molecule has 0 aliphatic carbocycles. The average molecular weight is 401 g/mol. The first-order valence-corrected chi connectivity index (χ1v) is 9.24. The zero-order chi connectivity index (χ0) is 18.6. The molecule has 25 heavy (non-hydrogen) atoms. The molecule has 0 radical (unpaired) electrons. The van der Waals surface area contributed by atoms with Crippen LogP contribution >= 0.6 is 23.2 Å². The molecule has 0 unspecified atom stereocenters. The zero-order valence-corrected chi connectivity index (χ0v) is 15.4. The lowest BCUT2D eigenvalue weighted by Crippen LogP contribution is -2.34. The average Bonchev–Trinajstić information content (AvgIpc) is 2.53. The summed E-state index contributed by atoms with van der Waals surface area (Å²) in [6.07, 6.45) is 0. The highest BCUT2D eigenvalue weighted by Crippen LogP contribution is 2.26. The summed E-state index contributed by atoms with van der Waals surface area (Å²) in [5.74, 6) is -0.272. The maximum absolute atomic E-state index is 12.9. The van der Waals surface area contributed by atoms with E-state index in [0.717, 1.165) is 4.31 Å².